The Morgan fingerprint density at radius 3 is 2.78 bits per heavy atom. The van der Waals surface area contributed by atoms with Gasteiger partial charge in [-0.05, 0) is 24.6 Å². The van der Waals surface area contributed by atoms with Crippen molar-refractivity contribution < 1.29 is 17.5 Å². The fraction of sp³-hybridized carbons (Fsp3) is 0.455. The first kappa shape index (κ1) is 13.3. The zero-order valence-corrected chi connectivity index (χ0v) is 10.8. The van der Waals surface area contributed by atoms with E-state index < -0.39 is 15.8 Å². The van der Waals surface area contributed by atoms with Gasteiger partial charge >= 0.3 is 0 Å². The first-order chi connectivity index (χ1) is 8.45. The van der Waals surface area contributed by atoms with Crippen LogP contribution in [0.1, 0.15) is 6.42 Å². The van der Waals surface area contributed by atoms with Crippen molar-refractivity contribution in [1.29, 1.82) is 0 Å². The Labute approximate surface area is 105 Å². The molecule has 0 radical (unpaired) electrons. The molecule has 1 saturated heterocycles. The van der Waals surface area contributed by atoms with E-state index in [1.807, 2.05) is 0 Å². The fourth-order valence-electron chi connectivity index (χ4n) is 1.97. The van der Waals surface area contributed by atoms with Crippen molar-refractivity contribution in [3.8, 4) is 0 Å². The van der Waals surface area contributed by atoms with Crippen LogP contribution in [0.3, 0.4) is 0 Å². The molecule has 1 aromatic rings. The number of halogens is 1. The zero-order valence-electron chi connectivity index (χ0n) is 9.97. The molecule has 1 aliphatic rings. The standard InChI is InChI=1S/C11H15FN2O3S/c1-17-9-4-5-14(7-9)18(15,16)11-3-2-8(13)6-10(11)12/h2-3,6,9H,4-5,7,13H2,1H3. The Morgan fingerprint density at radius 2 is 2.22 bits per heavy atom. The Bertz CT molecular complexity index is 547. The van der Waals surface area contributed by atoms with Crippen LogP contribution in [-0.4, -0.2) is 39.0 Å². The smallest absolute Gasteiger partial charge is 0.246 e. The maximum Gasteiger partial charge on any atom is 0.246 e. The van der Waals surface area contributed by atoms with Gasteiger partial charge in [-0.1, -0.05) is 0 Å². The minimum Gasteiger partial charge on any atom is -0.399 e. The number of hydrogen-bond donors (Lipinski definition) is 1. The fourth-order valence-corrected chi connectivity index (χ4v) is 3.51. The van der Waals surface area contributed by atoms with Crippen LogP contribution in [0.2, 0.25) is 0 Å². The highest BCUT2D eigenvalue weighted by Crippen LogP contribution is 2.25. The van der Waals surface area contributed by atoms with Gasteiger partial charge in [0.25, 0.3) is 0 Å². The summed E-state index contributed by atoms with van der Waals surface area (Å²) >= 11 is 0. The molecule has 1 aromatic carbocycles. The first-order valence-corrected chi connectivity index (χ1v) is 6.97. The second kappa shape index (κ2) is 4.83. The molecule has 1 aliphatic heterocycles. The molecule has 0 aromatic heterocycles. The normalized spacial score (nSPS) is 21.3. The molecule has 2 N–H and O–H groups in total. The molecule has 2 rings (SSSR count). The highest BCUT2D eigenvalue weighted by Gasteiger charge is 2.34. The SMILES string of the molecule is COC1CCN(S(=O)(=O)c2ccc(N)cc2F)C1. The lowest BCUT2D eigenvalue weighted by molar-refractivity contribution is 0.115. The second-order valence-corrected chi connectivity index (χ2v) is 6.11. The van der Waals surface area contributed by atoms with Crippen molar-refractivity contribution in [3.05, 3.63) is 24.0 Å². The predicted octanol–water partition coefficient (Wildman–Crippen LogP) is 0.817. The van der Waals surface area contributed by atoms with Crippen LogP contribution in [0.4, 0.5) is 10.1 Å². The molecule has 0 saturated carbocycles. The second-order valence-electron chi connectivity index (χ2n) is 4.20. The van der Waals surface area contributed by atoms with E-state index in [0.717, 1.165) is 6.07 Å². The Morgan fingerprint density at radius 1 is 1.50 bits per heavy atom. The molecule has 100 valence electrons. The van der Waals surface area contributed by atoms with Gasteiger partial charge in [0.2, 0.25) is 10.0 Å². The van der Waals surface area contributed by atoms with Crippen molar-refractivity contribution in [2.75, 3.05) is 25.9 Å². The summed E-state index contributed by atoms with van der Waals surface area (Å²) in [4.78, 5) is -0.339. The number of nitrogens with zero attached hydrogens (tertiary/aromatic N) is 1. The number of ether oxygens (including phenoxy) is 1. The predicted molar refractivity (Wildman–Crippen MR) is 65.0 cm³/mol. The number of nitrogen functional groups attached to an aromatic ring is 1. The maximum atomic E-state index is 13.7. The minimum absolute atomic E-state index is 0.128. The molecule has 0 spiro atoms. The van der Waals surface area contributed by atoms with Gasteiger partial charge in [0.1, 0.15) is 10.7 Å². The van der Waals surface area contributed by atoms with Crippen LogP contribution in [0.5, 0.6) is 0 Å². The van der Waals surface area contributed by atoms with E-state index in [2.05, 4.69) is 0 Å². The van der Waals surface area contributed by atoms with Gasteiger partial charge in [-0.2, -0.15) is 4.31 Å². The van der Waals surface area contributed by atoms with Crippen LogP contribution in [0.15, 0.2) is 23.1 Å². The molecular formula is C11H15FN2O3S. The van der Waals surface area contributed by atoms with Crippen LogP contribution < -0.4 is 5.73 Å². The van der Waals surface area contributed by atoms with Crippen molar-refractivity contribution in [3.63, 3.8) is 0 Å². The molecular weight excluding hydrogens is 259 g/mol. The lowest BCUT2D eigenvalue weighted by atomic mass is 10.3. The molecule has 1 atom stereocenters. The van der Waals surface area contributed by atoms with Gasteiger partial charge < -0.3 is 10.5 Å². The molecule has 0 aliphatic carbocycles. The van der Waals surface area contributed by atoms with E-state index in [9.17, 15) is 12.8 Å². The number of methoxy groups -OCH3 is 1. The van der Waals surface area contributed by atoms with Crippen LogP contribution in [0, 0.1) is 5.82 Å². The highest BCUT2D eigenvalue weighted by molar-refractivity contribution is 7.89. The van der Waals surface area contributed by atoms with Crippen molar-refractivity contribution in [1.82, 2.24) is 4.31 Å². The number of rotatable bonds is 3. The van der Waals surface area contributed by atoms with Crippen LogP contribution in [-0.2, 0) is 14.8 Å². The average Bonchev–Trinajstić information content (AvgIpc) is 2.77. The van der Waals surface area contributed by atoms with Crippen LogP contribution in [0.25, 0.3) is 0 Å². The van der Waals surface area contributed by atoms with Crippen LogP contribution >= 0.6 is 0 Å². The van der Waals surface area contributed by atoms with Gasteiger partial charge in [-0.25, -0.2) is 12.8 Å². The molecule has 0 amide bonds. The summed E-state index contributed by atoms with van der Waals surface area (Å²) in [6.07, 6.45) is 0.489. The van der Waals surface area contributed by atoms with E-state index in [4.69, 9.17) is 10.5 Å². The van der Waals surface area contributed by atoms with Gasteiger partial charge in [0, 0.05) is 25.9 Å². The molecule has 5 nitrogen and oxygen atoms in total. The summed E-state index contributed by atoms with van der Waals surface area (Å²) < 4.78 is 44.4. The number of nitrogens with two attached hydrogens (primary N) is 1. The third-order valence-corrected chi connectivity index (χ3v) is 4.91. The summed E-state index contributed by atoms with van der Waals surface area (Å²) in [6.45, 7) is 0.591. The monoisotopic (exact) mass is 274 g/mol. The highest BCUT2D eigenvalue weighted by atomic mass is 32.2. The van der Waals surface area contributed by atoms with Crippen molar-refractivity contribution >= 4 is 15.7 Å². The van der Waals surface area contributed by atoms with Gasteiger partial charge in [-0.3, -0.25) is 0 Å². The Kier molecular flexibility index (Phi) is 3.56. The lowest BCUT2D eigenvalue weighted by Gasteiger charge is -2.16. The number of benzene rings is 1. The minimum atomic E-state index is -3.81. The molecule has 0 bridgehead atoms. The maximum absolute atomic E-state index is 13.7. The van der Waals surface area contributed by atoms with E-state index in [1.165, 1.54) is 23.5 Å². The summed E-state index contributed by atoms with van der Waals surface area (Å²) in [7, 11) is -2.27. The number of hydrogen-bond acceptors (Lipinski definition) is 4. The summed E-state index contributed by atoms with van der Waals surface area (Å²) in [6, 6.07) is 3.58. The van der Waals surface area contributed by atoms with Gasteiger partial charge in [-0.15, -0.1) is 0 Å². The third-order valence-electron chi connectivity index (χ3n) is 3.01. The van der Waals surface area contributed by atoms with Crippen molar-refractivity contribution in [2.45, 2.75) is 17.4 Å². The first-order valence-electron chi connectivity index (χ1n) is 5.53. The number of anilines is 1. The van der Waals surface area contributed by atoms with E-state index in [-0.39, 0.29) is 23.2 Å². The molecule has 1 fully saturated rings. The largest absolute Gasteiger partial charge is 0.399 e. The Balaban J connectivity index is 2.31. The quantitative estimate of drug-likeness (QED) is 0.828. The molecule has 1 heterocycles. The summed E-state index contributed by atoms with van der Waals surface area (Å²) in [5.74, 6) is -0.823. The van der Waals surface area contributed by atoms with E-state index in [0.29, 0.717) is 13.0 Å². The molecule has 7 heteroatoms. The molecule has 18 heavy (non-hydrogen) atoms. The number of sulfonamides is 1. The average molecular weight is 274 g/mol. The lowest BCUT2D eigenvalue weighted by Crippen LogP contribution is -2.30. The Hall–Kier alpha value is -1.18. The summed E-state index contributed by atoms with van der Waals surface area (Å²) in [5.41, 5.74) is 5.60. The molecule has 1 unspecified atom stereocenters. The third kappa shape index (κ3) is 2.33. The topological polar surface area (TPSA) is 72.6 Å². The zero-order chi connectivity index (χ0) is 13.3. The van der Waals surface area contributed by atoms with Gasteiger partial charge in [0.05, 0.1) is 6.10 Å². The van der Waals surface area contributed by atoms with E-state index in [1.54, 1.807) is 0 Å². The van der Waals surface area contributed by atoms with Gasteiger partial charge in [0.15, 0.2) is 0 Å². The van der Waals surface area contributed by atoms with Crippen molar-refractivity contribution in [2.24, 2.45) is 0 Å². The van der Waals surface area contributed by atoms with E-state index >= 15 is 0 Å². The summed E-state index contributed by atoms with van der Waals surface area (Å²) in [5, 5.41) is 0.